The molecule has 0 saturated carbocycles. The predicted molar refractivity (Wildman–Crippen MR) is 154 cm³/mol. The van der Waals surface area contributed by atoms with Crippen LogP contribution in [0.15, 0.2) is 36.4 Å². The second-order valence-corrected chi connectivity index (χ2v) is 11.7. The number of fused-ring (bicyclic) bond motifs is 2. The van der Waals surface area contributed by atoms with Crippen LogP contribution in [0, 0.1) is 5.92 Å². The number of aryl methyl sites for hydroxylation is 2. The van der Waals surface area contributed by atoms with Crippen molar-refractivity contribution in [2.24, 2.45) is 5.92 Å². The maximum atomic E-state index is 12.6. The lowest BCUT2D eigenvalue weighted by atomic mass is 10.0. The van der Waals surface area contributed by atoms with E-state index in [9.17, 15) is 14.4 Å². The first-order valence-electron chi connectivity index (χ1n) is 12.7. The predicted octanol–water partition coefficient (Wildman–Crippen LogP) is 7.58. The van der Waals surface area contributed by atoms with E-state index in [4.69, 9.17) is 14.6 Å². The van der Waals surface area contributed by atoms with Crippen molar-refractivity contribution in [2.75, 3.05) is 14.2 Å². The summed E-state index contributed by atoms with van der Waals surface area (Å²) in [5, 5.41) is 11.2. The van der Waals surface area contributed by atoms with Gasteiger partial charge in [0.2, 0.25) is 0 Å². The molecule has 2 aromatic carbocycles. The molecule has 1 N–H and O–H groups in total. The SMILES string of the molecule is CCCC(=O)c1cc2cc(CCCc3cc4cc(C(=O)C[C@H](C)C(=O)O)sc4cc3OC)c(OC)cc2s1. The number of carboxylic acids is 1. The second-order valence-electron chi connectivity index (χ2n) is 9.52. The highest BCUT2D eigenvalue weighted by molar-refractivity contribution is 7.21. The molecule has 0 unspecified atom stereocenters. The number of carboxylic acid groups (broad SMARTS) is 1. The molecular formula is C30H32O6S2. The number of methoxy groups -OCH3 is 2. The summed E-state index contributed by atoms with van der Waals surface area (Å²) in [6, 6.07) is 12.0. The fraction of sp³-hybridized carbons (Fsp3) is 0.367. The molecular weight excluding hydrogens is 520 g/mol. The Hall–Kier alpha value is -3.23. The molecule has 4 rings (SSSR count). The first kappa shape index (κ1) is 27.8. The van der Waals surface area contributed by atoms with Crippen LogP contribution in [0.25, 0.3) is 20.2 Å². The number of Topliss-reactive ketones (excluding diaryl/α,β-unsaturated/α-hetero) is 2. The molecule has 0 fully saturated rings. The number of hydrogen-bond donors (Lipinski definition) is 1. The van der Waals surface area contributed by atoms with E-state index in [0.29, 0.717) is 11.3 Å². The molecule has 0 aliphatic carbocycles. The fourth-order valence-corrected chi connectivity index (χ4v) is 6.62. The van der Waals surface area contributed by atoms with Gasteiger partial charge in [-0.05, 0) is 84.0 Å². The molecule has 0 spiro atoms. The largest absolute Gasteiger partial charge is 0.496 e. The highest BCUT2D eigenvalue weighted by Crippen LogP contribution is 2.36. The smallest absolute Gasteiger partial charge is 0.306 e. The molecule has 4 aromatic rings. The van der Waals surface area contributed by atoms with Gasteiger partial charge in [-0.25, -0.2) is 0 Å². The van der Waals surface area contributed by atoms with Gasteiger partial charge in [0.25, 0.3) is 0 Å². The van der Waals surface area contributed by atoms with Gasteiger partial charge in [-0.2, -0.15) is 0 Å². The Labute approximate surface area is 230 Å². The normalized spacial score (nSPS) is 12.1. The van der Waals surface area contributed by atoms with E-state index in [-0.39, 0.29) is 18.0 Å². The summed E-state index contributed by atoms with van der Waals surface area (Å²) in [4.78, 5) is 37.5. The van der Waals surface area contributed by atoms with Crippen LogP contribution in [0.5, 0.6) is 11.5 Å². The topological polar surface area (TPSA) is 89.9 Å². The second kappa shape index (κ2) is 12.1. The van der Waals surface area contributed by atoms with E-state index in [1.54, 1.807) is 21.1 Å². The lowest BCUT2D eigenvalue weighted by molar-refractivity contribution is -0.141. The first-order valence-corrected chi connectivity index (χ1v) is 14.4. The number of hydrogen-bond acceptors (Lipinski definition) is 7. The molecule has 2 aromatic heterocycles. The third kappa shape index (κ3) is 6.08. The lowest BCUT2D eigenvalue weighted by Crippen LogP contribution is -2.13. The molecule has 0 bridgehead atoms. The monoisotopic (exact) mass is 552 g/mol. The third-order valence-corrected chi connectivity index (χ3v) is 8.95. The van der Waals surface area contributed by atoms with Gasteiger partial charge in [0, 0.05) is 22.2 Å². The molecule has 8 heteroatoms. The number of carbonyl (C=O) groups is 3. The van der Waals surface area contributed by atoms with Crippen LogP contribution in [0.3, 0.4) is 0 Å². The zero-order valence-electron chi connectivity index (χ0n) is 22.1. The van der Waals surface area contributed by atoms with Crippen molar-refractivity contribution in [3.8, 4) is 11.5 Å². The Morgan fingerprint density at radius 2 is 1.32 bits per heavy atom. The molecule has 200 valence electrons. The molecule has 0 radical (unpaired) electrons. The Bertz CT molecular complexity index is 1500. The van der Waals surface area contributed by atoms with E-state index in [1.807, 2.05) is 31.2 Å². The Kier molecular flexibility index (Phi) is 8.84. The Balaban J connectivity index is 1.51. The third-order valence-electron chi connectivity index (χ3n) is 6.67. The van der Waals surface area contributed by atoms with Crippen LogP contribution in [0.2, 0.25) is 0 Å². The number of benzene rings is 2. The Morgan fingerprint density at radius 3 is 1.76 bits per heavy atom. The van der Waals surface area contributed by atoms with Crippen molar-refractivity contribution in [3.05, 3.63) is 57.3 Å². The number of ketones is 2. The summed E-state index contributed by atoms with van der Waals surface area (Å²) >= 11 is 2.89. The van der Waals surface area contributed by atoms with E-state index >= 15 is 0 Å². The van der Waals surface area contributed by atoms with Crippen LogP contribution in [0.4, 0.5) is 0 Å². The summed E-state index contributed by atoms with van der Waals surface area (Å²) in [5.74, 6) is -0.0527. The highest BCUT2D eigenvalue weighted by atomic mass is 32.1. The van der Waals surface area contributed by atoms with Gasteiger partial charge in [-0.15, -0.1) is 22.7 Å². The van der Waals surface area contributed by atoms with Crippen molar-refractivity contribution in [1.29, 1.82) is 0 Å². The van der Waals surface area contributed by atoms with Crippen molar-refractivity contribution < 1.29 is 29.0 Å². The molecule has 2 heterocycles. The first-order chi connectivity index (χ1) is 18.2. The fourth-order valence-electron chi connectivity index (χ4n) is 4.56. The van der Waals surface area contributed by atoms with E-state index in [0.717, 1.165) is 73.4 Å². The van der Waals surface area contributed by atoms with Crippen LogP contribution >= 0.6 is 22.7 Å². The summed E-state index contributed by atoms with van der Waals surface area (Å²) in [6.07, 6.45) is 3.82. The van der Waals surface area contributed by atoms with Crippen LogP contribution in [-0.2, 0) is 17.6 Å². The maximum absolute atomic E-state index is 12.6. The van der Waals surface area contributed by atoms with E-state index in [1.165, 1.54) is 22.7 Å². The minimum absolute atomic E-state index is 0.0172. The van der Waals surface area contributed by atoms with Gasteiger partial charge in [0.1, 0.15) is 11.5 Å². The average molecular weight is 553 g/mol. The molecule has 1 atom stereocenters. The number of rotatable bonds is 13. The van der Waals surface area contributed by atoms with Gasteiger partial charge in [0.05, 0.1) is 29.9 Å². The number of ether oxygens (including phenoxy) is 2. The van der Waals surface area contributed by atoms with Crippen LogP contribution in [-0.4, -0.2) is 36.9 Å². The van der Waals surface area contributed by atoms with Crippen molar-refractivity contribution in [2.45, 2.75) is 52.4 Å². The number of aliphatic carboxylic acids is 1. The standard InChI is InChI=1S/C30H32O6S2/c1-5-7-22(31)28-13-20-11-18(24(35-3)15-26(20)37-28)8-6-9-19-12-21-14-29(23(32)10-17(2)30(33)34)38-27(21)16-25(19)36-4/h11-17H,5-10H2,1-4H3,(H,33,34)/t17-/m0/s1. The van der Waals surface area contributed by atoms with Gasteiger partial charge in [0.15, 0.2) is 11.6 Å². The minimum atomic E-state index is -0.969. The van der Waals surface area contributed by atoms with E-state index in [2.05, 4.69) is 12.1 Å². The van der Waals surface area contributed by atoms with Crippen LogP contribution < -0.4 is 9.47 Å². The van der Waals surface area contributed by atoms with Gasteiger partial charge < -0.3 is 14.6 Å². The summed E-state index contributed by atoms with van der Waals surface area (Å²) < 4.78 is 13.3. The van der Waals surface area contributed by atoms with Crippen molar-refractivity contribution in [3.63, 3.8) is 0 Å². The zero-order valence-corrected chi connectivity index (χ0v) is 23.7. The van der Waals surface area contributed by atoms with E-state index < -0.39 is 11.9 Å². The Morgan fingerprint density at radius 1 is 0.816 bits per heavy atom. The minimum Gasteiger partial charge on any atom is -0.496 e. The molecule has 0 amide bonds. The molecule has 38 heavy (non-hydrogen) atoms. The maximum Gasteiger partial charge on any atom is 0.306 e. The van der Waals surface area contributed by atoms with Gasteiger partial charge in [-0.1, -0.05) is 13.8 Å². The summed E-state index contributed by atoms with van der Waals surface area (Å²) in [6.45, 7) is 3.56. The van der Waals surface area contributed by atoms with Crippen molar-refractivity contribution in [1.82, 2.24) is 0 Å². The molecule has 0 aliphatic heterocycles. The van der Waals surface area contributed by atoms with Crippen LogP contribution in [0.1, 0.15) is 70.0 Å². The van der Waals surface area contributed by atoms with Gasteiger partial charge in [-0.3, -0.25) is 14.4 Å². The summed E-state index contributed by atoms with van der Waals surface area (Å²) in [7, 11) is 3.31. The number of thiophene rings is 2. The quantitative estimate of drug-likeness (QED) is 0.172. The molecule has 0 aliphatic rings. The molecule has 6 nitrogen and oxygen atoms in total. The van der Waals surface area contributed by atoms with Gasteiger partial charge >= 0.3 is 5.97 Å². The van der Waals surface area contributed by atoms with Crippen molar-refractivity contribution >= 4 is 60.4 Å². The highest BCUT2D eigenvalue weighted by Gasteiger charge is 2.20. The number of carbonyl (C=O) groups excluding carboxylic acids is 2. The zero-order chi connectivity index (χ0) is 27.4. The average Bonchev–Trinajstić information content (AvgIpc) is 3.51. The summed E-state index contributed by atoms with van der Waals surface area (Å²) in [5.41, 5.74) is 2.15. The molecule has 0 saturated heterocycles. The lowest BCUT2D eigenvalue weighted by Gasteiger charge is -2.11.